The molecule has 2 aromatic carbocycles. The van der Waals surface area contributed by atoms with Crippen molar-refractivity contribution in [1.82, 2.24) is 10.3 Å². The van der Waals surface area contributed by atoms with E-state index in [1.54, 1.807) is 36.4 Å². The number of thiazole rings is 1. The van der Waals surface area contributed by atoms with Crippen LogP contribution in [0.3, 0.4) is 0 Å². The number of halogens is 1. The highest BCUT2D eigenvalue weighted by Crippen LogP contribution is 2.26. The molecule has 3 aromatic rings. The molecule has 0 bridgehead atoms. The fourth-order valence-electron chi connectivity index (χ4n) is 2.86. The van der Waals surface area contributed by atoms with Crippen LogP contribution in [0.5, 0.6) is 11.5 Å². The van der Waals surface area contributed by atoms with Crippen LogP contribution >= 0.6 is 11.3 Å². The molecule has 0 radical (unpaired) electrons. The second-order valence-corrected chi connectivity index (χ2v) is 8.66. The Kier molecular flexibility index (Phi) is 8.76. The molecule has 7 nitrogen and oxygen atoms in total. The summed E-state index contributed by atoms with van der Waals surface area (Å²) in [6, 6.07) is 11.2. The maximum atomic E-state index is 13.9. The van der Waals surface area contributed by atoms with Gasteiger partial charge >= 0.3 is 0 Å². The zero-order chi connectivity index (χ0) is 23.8. The minimum Gasteiger partial charge on any atom is -0.491 e. The first-order valence-corrected chi connectivity index (χ1v) is 11.5. The van der Waals surface area contributed by atoms with Gasteiger partial charge in [-0.05, 0) is 39.0 Å². The molecule has 0 fully saturated rings. The SMILES string of the molecule is CC(CO)NCc1csc(NC(=O)c2cc(OCc3ccccc3F)cc(OC(C)C)c2)n1. The number of aromatic nitrogens is 1. The molecule has 0 saturated heterocycles. The Hall–Kier alpha value is -3.01. The van der Waals surface area contributed by atoms with E-state index in [0.717, 1.165) is 5.69 Å². The molecular weight excluding hydrogens is 445 g/mol. The van der Waals surface area contributed by atoms with Gasteiger partial charge in [-0.2, -0.15) is 0 Å². The maximum absolute atomic E-state index is 13.9. The molecule has 1 atom stereocenters. The van der Waals surface area contributed by atoms with Gasteiger partial charge in [0.15, 0.2) is 5.13 Å². The van der Waals surface area contributed by atoms with Crippen molar-refractivity contribution < 1.29 is 23.8 Å². The topological polar surface area (TPSA) is 92.7 Å². The minimum atomic E-state index is -0.363. The van der Waals surface area contributed by atoms with Crippen molar-refractivity contribution in [2.24, 2.45) is 0 Å². The Bertz CT molecular complexity index is 1070. The monoisotopic (exact) mass is 473 g/mol. The van der Waals surface area contributed by atoms with Crippen LogP contribution < -0.4 is 20.1 Å². The van der Waals surface area contributed by atoms with Crippen molar-refractivity contribution in [2.75, 3.05) is 11.9 Å². The first kappa shape index (κ1) is 24.6. The van der Waals surface area contributed by atoms with Crippen molar-refractivity contribution >= 4 is 22.4 Å². The fraction of sp³-hybridized carbons (Fsp3) is 0.333. The van der Waals surface area contributed by atoms with E-state index in [9.17, 15) is 9.18 Å². The number of benzene rings is 2. The van der Waals surface area contributed by atoms with E-state index in [1.807, 2.05) is 26.2 Å². The maximum Gasteiger partial charge on any atom is 0.257 e. The summed E-state index contributed by atoms with van der Waals surface area (Å²) in [5.41, 5.74) is 1.51. The van der Waals surface area contributed by atoms with Crippen LogP contribution in [0.2, 0.25) is 0 Å². The number of ether oxygens (including phenoxy) is 2. The number of rotatable bonds is 11. The Labute approximate surface area is 196 Å². The molecule has 0 aliphatic rings. The Morgan fingerprint density at radius 1 is 1.18 bits per heavy atom. The van der Waals surface area contributed by atoms with Crippen LogP contribution in [0.15, 0.2) is 47.8 Å². The van der Waals surface area contributed by atoms with Gasteiger partial charge in [-0.15, -0.1) is 11.3 Å². The number of amides is 1. The highest BCUT2D eigenvalue weighted by Gasteiger charge is 2.14. The van der Waals surface area contributed by atoms with Gasteiger partial charge in [0, 0.05) is 35.2 Å². The molecule has 9 heteroatoms. The molecule has 0 aliphatic heterocycles. The predicted octanol–water partition coefficient (Wildman–Crippen LogP) is 4.37. The third-order valence-electron chi connectivity index (χ3n) is 4.54. The summed E-state index contributed by atoms with van der Waals surface area (Å²) < 4.78 is 25.5. The molecule has 0 aliphatic carbocycles. The number of hydrogen-bond acceptors (Lipinski definition) is 7. The van der Waals surface area contributed by atoms with Gasteiger partial charge in [0.1, 0.15) is 23.9 Å². The Morgan fingerprint density at radius 3 is 2.67 bits per heavy atom. The van der Waals surface area contributed by atoms with Crippen molar-refractivity contribution in [2.45, 2.75) is 46.1 Å². The molecule has 3 N–H and O–H groups in total. The normalized spacial score (nSPS) is 11.9. The number of hydrogen-bond donors (Lipinski definition) is 3. The van der Waals surface area contributed by atoms with Gasteiger partial charge in [0.2, 0.25) is 0 Å². The molecule has 1 amide bonds. The average molecular weight is 474 g/mol. The average Bonchev–Trinajstić information content (AvgIpc) is 3.23. The van der Waals surface area contributed by atoms with E-state index in [4.69, 9.17) is 14.6 Å². The van der Waals surface area contributed by atoms with E-state index in [2.05, 4.69) is 15.6 Å². The molecule has 0 saturated carbocycles. The highest BCUT2D eigenvalue weighted by molar-refractivity contribution is 7.14. The van der Waals surface area contributed by atoms with E-state index < -0.39 is 0 Å². The zero-order valence-electron chi connectivity index (χ0n) is 18.8. The number of nitrogens with one attached hydrogen (secondary N) is 2. The number of carbonyl (C=O) groups is 1. The molecular formula is C24H28FN3O4S. The van der Waals surface area contributed by atoms with E-state index in [1.165, 1.54) is 17.4 Å². The Balaban J connectivity index is 1.72. The van der Waals surface area contributed by atoms with Crippen molar-refractivity contribution in [1.29, 1.82) is 0 Å². The van der Waals surface area contributed by atoms with Gasteiger partial charge in [0.25, 0.3) is 5.91 Å². The zero-order valence-corrected chi connectivity index (χ0v) is 19.6. The van der Waals surface area contributed by atoms with Gasteiger partial charge < -0.3 is 19.9 Å². The molecule has 0 spiro atoms. The standard InChI is InChI=1S/C24H28FN3O4S/c1-15(2)32-21-9-18(8-20(10-21)31-13-17-6-4-5-7-22(17)25)23(30)28-24-27-19(14-33-24)11-26-16(3)12-29/h4-10,14-16,26,29H,11-13H2,1-3H3,(H,27,28,30). The van der Waals surface area contributed by atoms with Crippen LogP contribution in [-0.4, -0.2) is 34.8 Å². The highest BCUT2D eigenvalue weighted by atomic mass is 32.1. The molecule has 1 heterocycles. The third kappa shape index (κ3) is 7.52. The molecule has 3 rings (SSSR count). The third-order valence-corrected chi connectivity index (χ3v) is 5.35. The predicted molar refractivity (Wildman–Crippen MR) is 126 cm³/mol. The number of carbonyl (C=O) groups excluding carboxylic acids is 1. The number of nitrogens with zero attached hydrogens (tertiary/aromatic N) is 1. The minimum absolute atomic E-state index is 0.0218. The molecule has 33 heavy (non-hydrogen) atoms. The second kappa shape index (κ2) is 11.7. The summed E-state index contributed by atoms with van der Waals surface area (Å²) in [6.45, 7) is 6.18. The lowest BCUT2D eigenvalue weighted by Crippen LogP contribution is -2.28. The van der Waals surface area contributed by atoms with Gasteiger partial charge in [-0.25, -0.2) is 9.37 Å². The number of anilines is 1. The van der Waals surface area contributed by atoms with Gasteiger partial charge in [0.05, 0.1) is 18.4 Å². The summed E-state index contributed by atoms with van der Waals surface area (Å²) >= 11 is 1.31. The van der Waals surface area contributed by atoms with Crippen LogP contribution in [0, 0.1) is 5.82 Å². The quantitative estimate of drug-likeness (QED) is 0.383. The lowest BCUT2D eigenvalue weighted by molar-refractivity contribution is 0.102. The summed E-state index contributed by atoms with van der Waals surface area (Å²) in [6.07, 6.45) is -0.0990. The molecule has 1 aromatic heterocycles. The first-order chi connectivity index (χ1) is 15.8. The van der Waals surface area contributed by atoms with Crippen LogP contribution in [0.25, 0.3) is 0 Å². The fourth-order valence-corrected chi connectivity index (χ4v) is 3.57. The molecule has 176 valence electrons. The largest absolute Gasteiger partial charge is 0.491 e. The van der Waals surface area contributed by atoms with Crippen molar-refractivity contribution in [3.05, 3.63) is 70.5 Å². The number of aliphatic hydroxyl groups excluding tert-OH is 1. The summed E-state index contributed by atoms with van der Waals surface area (Å²) in [4.78, 5) is 17.3. The first-order valence-electron chi connectivity index (χ1n) is 10.6. The van der Waals surface area contributed by atoms with E-state index in [-0.39, 0.29) is 37.1 Å². The van der Waals surface area contributed by atoms with Gasteiger partial charge in [-0.1, -0.05) is 18.2 Å². The lowest BCUT2D eigenvalue weighted by atomic mass is 10.2. The number of aliphatic hydroxyl groups is 1. The second-order valence-electron chi connectivity index (χ2n) is 7.80. The summed E-state index contributed by atoms with van der Waals surface area (Å²) in [5.74, 6) is 0.150. The smallest absolute Gasteiger partial charge is 0.257 e. The summed E-state index contributed by atoms with van der Waals surface area (Å²) in [5, 5.41) is 17.3. The van der Waals surface area contributed by atoms with Crippen LogP contribution in [0.4, 0.5) is 9.52 Å². The lowest BCUT2D eigenvalue weighted by Gasteiger charge is -2.14. The van der Waals surface area contributed by atoms with Crippen LogP contribution in [0.1, 0.15) is 42.4 Å². The van der Waals surface area contributed by atoms with Crippen LogP contribution in [-0.2, 0) is 13.2 Å². The van der Waals surface area contributed by atoms with E-state index in [0.29, 0.717) is 34.3 Å². The van der Waals surface area contributed by atoms with Crippen molar-refractivity contribution in [3.8, 4) is 11.5 Å². The molecule has 1 unspecified atom stereocenters. The van der Waals surface area contributed by atoms with E-state index >= 15 is 0 Å². The Morgan fingerprint density at radius 2 is 1.94 bits per heavy atom. The summed E-state index contributed by atoms with van der Waals surface area (Å²) in [7, 11) is 0. The van der Waals surface area contributed by atoms with Crippen molar-refractivity contribution in [3.63, 3.8) is 0 Å². The van der Waals surface area contributed by atoms with Gasteiger partial charge in [-0.3, -0.25) is 10.1 Å².